The van der Waals surface area contributed by atoms with E-state index in [1.54, 1.807) is 30.3 Å². The van der Waals surface area contributed by atoms with Gasteiger partial charge < -0.3 is 14.8 Å². The van der Waals surface area contributed by atoms with E-state index in [1.165, 1.54) is 23.7 Å². The van der Waals surface area contributed by atoms with Crippen LogP contribution in [0.4, 0.5) is 4.39 Å². The Morgan fingerprint density at radius 2 is 1.70 bits per heavy atom. The van der Waals surface area contributed by atoms with Crippen LogP contribution in [-0.2, 0) is 7.05 Å². The fourth-order valence-electron chi connectivity index (χ4n) is 2.55. The zero-order chi connectivity index (χ0) is 16.7. The molecular weight excluding hydrogens is 301 g/mol. The van der Waals surface area contributed by atoms with Crippen LogP contribution in [-0.4, -0.2) is 20.7 Å². The second-order valence-corrected chi connectivity index (χ2v) is 5.13. The molecule has 3 aromatic rings. The standard InChI is InChI=1S/C17H12FNO4/c1-19-13-7-4-10(9-2-5-11(18)6-3-9)8-12(13)15(20)14(16(19)21)17(22)23/h2-8,20H,1H3,(H,22,23). The van der Waals surface area contributed by atoms with Gasteiger partial charge in [0.1, 0.15) is 11.6 Å². The molecule has 2 aromatic carbocycles. The number of aromatic carboxylic acids is 1. The number of carbonyl (C=O) groups is 1. The summed E-state index contributed by atoms with van der Waals surface area (Å²) in [6, 6.07) is 10.7. The van der Waals surface area contributed by atoms with Crippen molar-refractivity contribution in [3.05, 3.63) is 64.2 Å². The summed E-state index contributed by atoms with van der Waals surface area (Å²) in [5.74, 6) is -2.43. The van der Waals surface area contributed by atoms with Crippen molar-refractivity contribution in [2.24, 2.45) is 7.05 Å². The van der Waals surface area contributed by atoms with Crippen LogP contribution in [0.15, 0.2) is 47.3 Å². The molecule has 5 nitrogen and oxygen atoms in total. The number of carboxylic acids is 1. The van der Waals surface area contributed by atoms with E-state index >= 15 is 0 Å². The Bertz CT molecular complexity index is 990. The lowest BCUT2D eigenvalue weighted by Gasteiger charge is -2.11. The van der Waals surface area contributed by atoms with Crippen molar-refractivity contribution in [3.8, 4) is 16.9 Å². The van der Waals surface area contributed by atoms with Crippen molar-refractivity contribution in [2.75, 3.05) is 0 Å². The zero-order valence-corrected chi connectivity index (χ0v) is 12.1. The molecule has 116 valence electrons. The van der Waals surface area contributed by atoms with Crippen LogP contribution in [0.3, 0.4) is 0 Å². The predicted molar refractivity (Wildman–Crippen MR) is 83.2 cm³/mol. The minimum atomic E-state index is -1.49. The first-order valence-electron chi connectivity index (χ1n) is 6.75. The third-order valence-electron chi connectivity index (χ3n) is 3.76. The highest BCUT2D eigenvalue weighted by Crippen LogP contribution is 2.30. The summed E-state index contributed by atoms with van der Waals surface area (Å²) in [5, 5.41) is 19.6. The first-order chi connectivity index (χ1) is 10.9. The summed E-state index contributed by atoms with van der Waals surface area (Å²) in [4.78, 5) is 23.2. The molecule has 0 aliphatic carbocycles. The lowest BCUT2D eigenvalue weighted by Crippen LogP contribution is -2.24. The van der Waals surface area contributed by atoms with Gasteiger partial charge in [-0.05, 0) is 35.4 Å². The smallest absolute Gasteiger partial charge is 0.345 e. The quantitative estimate of drug-likeness (QED) is 0.762. The average molecular weight is 313 g/mol. The summed E-state index contributed by atoms with van der Waals surface area (Å²) in [7, 11) is 1.44. The number of hydrogen-bond donors (Lipinski definition) is 2. The second-order valence-electron chi connectivity index (χ2n) is 5.13. The maximum atomic E-state index is 13.0. The molecule has 0 radical (unpaired) electrons. The van der Waals surface area contributed by atoms with Crippen LogP contribution in [0, 0.1) is 5.82 Å². The second kappa shape index (κ2) is 5.24. The van der Waals surface area contributed by atoms with Crippen molar-refractivity contribution in [1.82, 2.24) is 4.57 Å². The van der Waals surface area contributed by atoms with Gasteiger partial charge in [0.25, 0.3) is 5.56 Å². The molecule has 0 spiro atoms. The van der Waals surface area contributed by atoms with Crippen LogP contribution in [0.2, 0.25) is 0 Å². The van der Waals surface area contributed by atoms with Crippen LogP contribution >= 0.6 is 0 Å². The van der Waals surface area contributed by atoms with E-state index in [4.69, 9.17) is 5.11 Å². The van der Waals surface area contributed by atoms with Gasteiger partial charge in [0.15, 0.2) is 5.56 Å². The zero-order valence-electron chi connectivity index (χ0n) is 12.1. The van der Waals surface area contributed by atoms with Crippen molar-refractivity contribution in [2.45, 2.75) is 0 Å². The molecule has 0 saturated heterocycles. The third-order valence-corrected chi connectivity index (χ3v) is 3.76. The number of benzene rings is 2. The van der Waals surface area contributed by atoms with E-state index in [0.717, 1.165) is 0 Å². The lowest BCUT2D eigenvalue weighted by atomic mass is 10.0. The molecule has 0 amide bonds. The van der Waals surface area contributed by atoms with Gasteiger partial charge in [-0.15, -0.1) is 0 Å². The SMILES string of the molecule is Cn1c(=O)c(C(=O)O)c(O)c2cc(-c3ccc(F)cc3)ccc21. The summed E-state index contributed by atoms with van der Waals surface area (Å²) in [6.45, 7) is 0. The van der Waals surface area contributed by atoms with E-state index in [1.807, 2.05) is 0 Å². The van der Waals surface area contributed by atoms with E-state index in [2.05, 4.69) is 0 Å². The van der Waals surface area contributed by atoms with Crippen molar-refractivity contribution in [3.63, 3.8) is 0 Å². The van der Waals surface area contributed by atoms with E-state index in [0.29, 0.717) is 16.6 Å². The number of nitrogens with zero attached hydrogens (tertiary/aromatic N) is 1. The van der Waals surface area contributed by atoms with E-state index in [9.17, 15) is 19.1 Å². The Hall–Kier alpha value is -3.15. The first-order valence-corrected chi connectivity index (χ1v) is 6.75. The molecule has 6 heteroatoms. The number of aromatic hydroxyl groups is 1. The summed E-state index contributed by atoms with van der Waals surface area (Å²) in [5.41, 5.74) is 0.331. The minimum absolute atomic E-state index is 0.242. The molecule has 1 heterocycles. The van der Waals surface area contributed by atoms with Gasteiger partial charge in [-0.3, -0.25) is 4.79 Å². The lowest BCUT2D eigenvalue weighted by molar-refractivity contribution is 0.0691. The topological polar surface area (TPSA) is 79.5 Å². The Morgan fingerprint density at radius 3 is 2.30 bits per heavy atom. The number of hydrogen-bond acceptors (Lipinski definition) is 3. The number of halogens is 1. The monoisotopic (exact) mass is 313 g/mol. The third kappa shape index (κ3) is 2.34. The molecule has 0 bridgehead atoms. The van der Waals surface area contributed by atoms with Crippen LogP contribution in [0.1, 0.15) is 10.4 Å². The highest BCUT2D eigenvalue weighted by molar-refractivity contribution is 5.99. The number of aromatic nitrogens is 1. The van der Waals surface area contributed by atoms with Gasteiger partial charge in [0, 0.05) is 12.4 Å². The molecule has 0 aliphatic heterocycles. The van der Waals surface area contributed by atoms with E-state index in [-0.39, 0.29) is 11.2 Å². The number of fused-ring (bicyclic) bond motifs is 1. The summed E-state index contributed by atoms with van der Waals surface area (Å²) in [6.07, 6.45) is 0. The Labute approximate surface area is 129 Å². The summed E-state index contributed by atoms with van der Waals surface area (Å²) >= 11 is 0. The Morgan fingerprint density at radius 1 is 1.09 bits per heavy atom. The molecule has 0 unspecified atom stereocenters. The molecular formula is C17H12FNO4. The maximum absolute atomic E-state index is 13.0. The molecule has 0 aliphatic rings. The van der Waals surface area contributed by atoms with Crippen molar-refractivity contribution < 1.29 is 19.4 Å². The highest BCUT2D eigenvalue weighted by Gasteiger charge is 2.20. The van der Waals surface area contributed by atoms with Gasteiger partial charge in [-0.2, -0.15) is 0 Å². The minimum Gasteiger partial charge on any atom is -0.506 e. The van der Waals surface area contributed by atoms with Crippen molar-refractivity contribution >= 4 is 16.9 Å². The van der Waals surface area contributed by atoms with Gasteiger partial charge >= 0.3 is 5.97 Å². The number of rotatable bonds is 2. The largest absolute Gasteiger partial charge is 0.506 e. The first kappa shape index (κ1) is 14.8. The Kier molecular flexibility index (Phi) is 3.37. The number of carboxylic acid groups (broad SMARTS) is 1. The summed E-state index contributed by atoms with van der Waals surface area (Å²) < 4.78 is 14.2. The fraction of sp³-hybridized carbons (Fsp3) is 0.0588. The molecule has 0 saturated carbocycles. The molecule has 3 rings (SSSR count). The Balaban J connectivity index is 2.33. The van der Waals surface area contributed by atoms with Gasteiger partial charge in [0.05, 0.1) is 5.52 Å². The van der Waals surface area contributed by atoms with Gasteiger partial charge in [-0.1, -0.05) is 18.2 Å². The molecule has 0 atom stereocenters. The maximum Gasteiger partial charge on any atom is 0.345 e. The normalized spacial score (nSPS) is 10.9. The van der Waals surface area contributed by atoms with Gasteiger partial charge in [-0.25, -0.2) is 9.18 Å². The molecule has 23 heavy (non-hydrogen) atoms. The van der Waals surface area contributed by atoms with Crippen LogP contribution in [0.5, 0.6) is 5.75 Å². The molecule has 2 N–H and O–H groups in total. The molecule has 0 fully saturated rings. The van der Waals surface area contributed by atoms with E-state index < -0.39 is 22.8 Å². The average Bonchev–Trinajstić information content (AvgIpc) is 2.53. The van der Waals surface area contributed by atoms with Crippen molar-refractivity contribution in [1.29, 1.82) is 0 Å². The predicted octanol–water partition coefficient (Wildman–Crippen LogP) is 2.75. The fourth-order valence-corrected chi connectivity index (χ4v) is 2.55. The van der Waals surface area contributed by atoms with Crippen LogP contribution in [0.25, 0.3) is 22.0 Å². The number of aryl methyl sites for hydroxylation is 1. The highest BCUT2D eigenvalue weighted by atomic mass is 19.1. The number of pyridine rings is 1. The van der Waals surface area contributed by atoms with Gasteiger partial charge in [0.2, 0.25) is 0 Å². The van der Waals surface area contributed by atoms with Crippen LogP contribution < -0.4 is 5.56 Å². The molecule has 1 aromatic heterocycles.